The summed E-state index contributed by atoms with van der Waals surface area (Å²) >= 11 is 0. The monoisotopic (exact) mass is 284 g/mol. The number of aromatic nitrogens is 4. The van der Waals surface area contributed by atoms with Crippen molar-refractivity contribution in [2.24, 2.45) is 0 Å². The molecule has 0 aliphatic heterocycles. The van der Waals surface area contributed by atoms with Crippen LogP contribution in [-0.2, 0) is 23.1 Å². The predicted molar refractivity (Wildman–Crippen MR) is 69.7 cm³/mol. The first-order valence-corrected chi connectivity index (χ1v) is 7.29. The van der Waals surface area contributed by atoms with Crippen LogP contribution in [0.2, 0.25) is 0 Å². The Labute approximate surface area is 111 Å². The molecule has 104 valence electrons. The summed E-state index contributed by atoms with van der Waals surface area (Å²) in [7, 11) is -3.63. The van der Waals surface area contributed by atoms with Crippen molar-refractivity contribution in [3.05, 3.63) is 24.9 Å². The zero-order valence-corrected chi connectivity index (χ0v) is 11.3. The number of nitrogen functional groups attached to an aromatic ring is 1. The maximum Gasteiger partial charge on any atom is 0.245 e. The molecule has 0 atom stereocenters. The molecule has 0 unspecified atom stereocenters. The van der Waals surface area contributed by atoms with E-state index in [2.05, 4.69) is 14.8 Å². The first-order valence-electron chi connectivity index (χ1n) is 5.81. The Hall–Kier alpha value is -1.87. The Bertz CT molecular complexity index is 631. The number of anilines is 1. The summed E-state index contributed by atoms with van der Waals surface area (Å²) in [6, 6.07) is 0. The van der Waals surface area contributed by atoms with Gasteiger partial charge in [0.25, 0.3) is 0 Å². The average molecular weight is 284 g/mol. The van der Waals surface area contributed by atoms with E-state index in [1.165, 1.54) is 10.9 Å². The lowest BCUT2D eigenvalue weighted by Gasteiger charge is -2.05. The van der Waals surface area contributed by atoms with Gasteiger partial charge in [0.05, 0.1) is 6.33 Å². The van der Waals surface area contributed by atoms with Gasteiger partial charge >= 0.3 is 0 Å². The van der Waals surface area contributed by atoms with Crippen molar-refractivity contribution >= 4 is 15.8 Å². The number of rotatable bonds is 6. The standard InChI is InChI=1S/C10H16N6O2S/c1-2-16-7-9(10(11)14-16)19(17,18)13-4-6-15-5-3-12-8-15/h3,5,7-8,13H,2,4,6H2,1H3,(H2,11,14). The molecule has 2 heterocycles. The van der Waals surface area contributed by atoms with E-state index in [0.29, 0.717) is 13.1 Å². The van der Waals surface area contributed by atoms with E-state index in [1.54, 1.807) is 23.3 Å². The van der Waals surface area contributed by atoms with Crippen LogP contribution in [-0.4, -0.2) is 34.3 Å². The Kier molecular flexibility index (Phi) is 3.86. The molecule has 2 rings (SSSR count). The number of imidazole rings is 1. The number of hydrogen-bond donors (Lipinski definition) is 2. The van der Waals surface area contributed by atoms with Gasteiger partial charge in [0, 0.05) is 38.2 Å². The second-order valence-electron chi connectivity index (χ2n) is 3.93. The highest BCUT2D eigenvalue weighted by atomic mass is 32.2. The van der Waals surface area contributed by atoms with Gasteiger partial charge in [-0.15, -0.1) is 0 Å². The first-order chi connectivity index (χ1) is 9.03. The third kappa shape index (κ3) is 3.12. The Morgan fingerprint density at radius 3 is 2.84 bits per heavy atom. The normalized spacial score (nSPS) is 11.8. The first kappa shape index (κ1) is 13.6. The molecular weight excluding hydrogens is 268 g/mol. The van der Waals surface area contributed by atoms with Crippen molar-refractivity contribution < 1.29 is 8.42 Å². The second-order valence-corrected chi connectivity index (χ2v) is 5.67. The van der Waals surface area contributed by atoms with Crippen molar-refractivity contribution in [2.75, 3.05) is 12.3 Å². The molecule has 9 heteroatoms. The summed E-state index contributed by atoms with van der Waals surface area (Å²) in [6.07, 6.45) is 6.45. The molecule has 0 radical (unpaired) electrons. The van der Waals surface area contributed by atoms with E-state index in [0.717, 1.165) is 0 Å². The van der Waals surface area contributed by atoms with Crippen LogP contribution in [0.15, 0.2) is 29.8 Å². The summed E-state index contributed by atoms with van der Waals surface area (Å²) in [4.78, 5) is 3.89. The molecule has 0 spiro atoms. The SMILES string of the molecule is CCn1cc(S(=O)(=O)NCCn2ccnc2)c(N)n1. The van der Waals surface area contributed by atoms with Gasteiger partial charge in [0.15, 0.2) is 5.82 Å². The number of nitrogens with zero attached hydrogens (tertiary/aromatic N) is 4. The van der Waals surface area contributed by atoms with Gasteiger partial charge in [0.1, 0.15) is 4.90 Å². The molecule has 19 heavy (non-hydrogen) atoms. The summed E-state index contributed by atoms with van der Waals surface area (Å²) in [5.74, 6) is 0.0111. The van der Waals surface area contributed by atoms with Gasteiger partial charge < -0.3 is 10.3 Å². The van der Waals surface area contributed by atoms with E-state index >= 15 is 0 Å². The van der Waals surface area contributed by atoms with Crippen molar-refractivity contribution in [2.45, 2.75) is 24.9 Å². The number of nitrogens with two attached hydrogens (primary N) is 1. The number of hydrogen-bond acceptors (Lipinski definition) is 5. The molecule has 2 aromatic heterocycles. The fourth-order valence-corrected chi connectivity index (χ4v) is 2.69. The Balaban J connectivity index is 2.03. The highest BCUT2D eigenvalue weighted by Gasteiger charge is 2.20. The van der Waals surface area contributed by atoms with Gasteiger partial charge in [-0.1, -0.05) is 0 Å². The quantitative estimate of drug-likeness (QED) is 0.754. The summed E-state index contributed by atoms with van der Waals surface area (Å²) in [5.41, 5.74) is 5.60. The number of sulfonamides is 1. The van der Waals surface area contributed by atoms with Crippen molar-refractivity contribution in [1.82, 2.24) is 24.1 Å². The van der Waals surface area contributed by atoms with Gasteiger partial charge in [-0.3, -0.25) is 4.68 Å². The highest BCUT2D eigenvalue weighted by molar-refractivity contribution is 7.89. The third-order valence-corrected chi connectivity index (χ3v) is 4.07. The molecule has 0 aliphatic rings. The Morgan fingerprint density at radius 2 is 2.26 bits per heavy atom. The molecule has 0 saturated carbocycles. The van der Waals surface area contributed by atoms with Crippen LogP contribution < -0.4 is 10.5 Å². The lowest BCUT2D eigenvalue weighted by molar-refractivity contribution is 0.572. The van der Waals surface area contributed by atoms with E-state index in [9.17, 15) is 8.42 Å². The highest BCUT2D eigenvalue weighted by Crippen LogP contribution is 2.15. The molecular formula is C10H16N6O2S. The summed E-state index contributed by atoms with van der Waals surface area (Å²) in [5, 5.41) is 3.91. The minimum atomic E-state index is -3.63. The summed E-state index contributed by atoms with van der Waals surface area (Å²) < 4.78 is 29.8. The van der Waals surface area contributed by atoms with Gasteiger partial charge in [-0.05, 0) is 6.92 Å². The van der Waals surface area contributed by atoms with Gasteiger partial charge in [-0.2, -0.15) is 5.10 Å². The Morgan fingerprint density at radius 1 is 1.47 bits per heavy atom. The van der Waals surface area contributed by atoms with E-state index in [1.807, 2.05) is 6.92 Å². The van der Waals surface area contributed by atoms with Crippen molar-refractivity contribution in [3.63, 3.8) is 0 Å². The fourth-order valence-electron chi connectivity index (χ4n) is 1.59. The zero-order chi connectivity index (χ0) is 13.9. The fraction of sp³-hybridized carbons (Fsp3) is 0.400. The molecule has 2 aromatic rings. The molecule has 8 nitrogen and oxygen atoms in total. The van der Waals surface area contributed by atoms with E-state index < -0.39 is 10.0 Å². The maximum atomic E-state index is 12.0. The smallest absolute Gasteiger partial charge is 0.245 e. The van der Waals surface area contributed by atoms with Crippen LogP contribution in [0.25, 0.3) is 0 Å². The van der Waals surface area contributed by atoms with Crippen LogP contribution in [0.1, 0.15) is 6.92 Å². The third-order valence-electron chi connectivity index (χ3n) is 2.59. The van der Waals surface area contributed by atoms with Crippen LogP contribution in [0, 0.1) is 0 Å². The number of nitrogens with one attached hydrogen (secondary N) is 1. The second kappa shape index (κ2) is 5.41. The van der Waals surface area contributed by atoms with Crippen LogP contribution in [0.3, 0.4) is 0 Å². The molecule has 0 aromatic carbocycles. The average Bonchev–Trinajstić information content (AvgIpc) is 2.98. The maximum absolute atomic E-state index is 12.0. The van der Waals surface area contributed by atoms with Gasteiger partial charge in [0.2, 0.25) is 10.0 Å². The van der Waals surface area contributed by atoms with Crippen LogP contribution in [0.4, 0.5) is 5.82 Å². The van der Waals surface area contributed by atoms with E-state index in [-0.39, 0.29) is 17.3 Å². The van der Waals surface area contributed by atoms with Gasteiger partial charge in [-0.25, -0.2) is 18.1 Å². The zero-order valence-electron chi connectivity index (χ0n) is 10.5. The molecule has 0 saturated heterocycles. The van der Waals surface area contributed by atoms with Crippen LogP contribution in [0.5, 0.6) is 0 Å². The van der Waals surface area contributed by atoms with E-state index in [4.69, 9.17) is 5.73 Å². The topological polar surface area (TPSA) is 108 Å². The minimum Gasteiger partial charge on any atom is -0.381 e. The molecule has 0 amide bonds. The lowest BCUT2D eigenvalue weighted by Crippen LogP contribution is -2.27. The van der Waals surface area contributed by atoms with Crippen molar-refractivity contribution in [1.29, 1.82) is 0 Å². The van der Waals surface area contributed by atoms with Crippen LogP contribution >= 0.6 is 0 Å². The number of aryl methyl sites for hydroxylation is 1. The molecule has 0 aliphatic carbocycles. The summed E-state index contributed by atoms with van der Waals surface area (Å²) in [6.45, 7) is 3.18. The molecule has 0 bridgehead atoms. The van der Waals surface area contributed by atoms with Crippen molar-refractivity contribution in [3.8, 4) is 0 Å². The minimum absolute atomic E-state index is 0.0111. The predicted octanol–water partition coefficient (Wildman–Crippen LogP) is -0.340. The molecule has 0 fully saturated rings. The lowest BCUT2D eigenvalue weighted by atomic mass is 10.6. The molecule has 3 N–H and O–H groups in total. The largest absolute Gasteiger partial charge is 0.381 e.